The third-order valence-electron chi connectivity index (χ3n) is 10.2. The molecule has 3 aliphatic rings. The molecule has 11 heteroatoms. The number of rotatable bonds is 6. The number of hydrogen-bond acceptors (Lipinski definition) is 8. The highest BCUT2D eigenvalue weighted by Crippen LogP contribution is 2.36. The number of fused-ring (bicyclic) bond motifs is 2. The van der Waals surface area contributed by atoms with Crippen LogP contribution in [0.5, 0.6) is 0 Å². The number of likely N-dealkylation sites (tertiary alicyclic amines) is 1. The van der Waals surface area contributed by atoms with Crippen LogP contribution in [-0.4, -0.2) is 51.1 Å². The van der Waals surface area contributed by atoms with Crippen LogP contribution in [0.2, 0.25) is 0 Å². The molecule has 1 atom stereocenters. The van der Waals surface area contributed by atoms with Crippen molar-refractivity contribution in [3.63, 3.8) is 0 Å². The minimum absolute atomic E-state index is 0.161. The quantitative estimate of drug-likeness (QED) is 0.223. The van der Waals surface area contributed by atoms with Gasteiger partial charge in [-0.2, -0.15) is 0 Å². The first-order valence-electron chi connectivity index (χ1n) is 16.7. The number of nitrogens with zero attached hydrogens (tertiary/aromatic N) is 4. The lowest BCUT2D eigenvalue weighted by Crippen LogP contribution is -2.51. The van der Waals surface area contributed by atoms with Gasteiger partial charge in [-0.25, -0.2) is 9.37 Å². The number of amides is 2. The van der Waals surface area contributed by atoms with Gasteiger partial charge in [0.05, 0.1) is 11.1 Å². The van der Waals surface area contributed by atoms with Crippen LogP contribution in [0.1, 0.15) is 86.1 Å². The fraction of sp³-hybridized carbons (Fsp3) is 0.472. The van der Waals surface area contributed by atoms with Crippen molar-refractivity contribution in [3.8, 4) is 0 Å². The lowest BCUT2D eigenvalue weighted by atomic mass is 9.72. The standard InChI is InChI=1S/C23H27FN4O2.C13H16N2O2/c1-15-18(23(29)28-10-3-2-4-21(28)25-15)9-13-27-11-7-16(8-12-27)22-19-6-5-17(24)14-20(19)30-26-22;1-2-13(8-7-11(16)15-12(13)17)9-3-5-10(14)6-4-9/h5-6,14,16H,2-4,7-13H2,1H3;3-6H,2,7-8,14H2,1H3,(H,15,16,17). The molecule has 2 aromatic carbocycles. The minimum Gasteiger partial charge on any atom is -0.399 e. The highest BCUT2D eigenvalue weighted by molar-refractivity contribution is 6.03. The largest absolute Gasteiger partial charge is 0.399 e. The van der Waals surface area contributed by atoms with E-state index in [9.17, 15) is 18.8 Å². The van der Waals surface area contributed by atoms with E-state index in [1.165, 1.54) is 12.1 Å². The maximum Gasteiger partial charge on any atom is 0.256 e. The number of hydrogen-bond donors (Lipinski definition) is 2. The summed E-state index contributed by atoms with van der Waals surface area (Å²) in [7, 11) is 0. The number of halogens is 1. The molecule has 0 spiro atoms. The van der Waals surface area contributed by atoms with E-state index < -0.39 is 5.41 Å². The lowest BCUT2D eigenvalue weighted by molar-refractivity contribution is -0.138. The van der Waals surface area contributed by atoms with Gasteiger partial charge in [-0.15, -0.1) is 0 Å². The number of piperidine rings is 2. The van der Waals surface area contributed by atoms with Gasteiger partial charge in [-0.1, -0.05) is 24.2 Å². The number of carbonyl (C=O) groups is 2. The van der Waals surface area contributed by atoms with Crippen molar-refractivity contribution in [2.45, 2.75) is 89.5 Å². The minimum atomic E-state index is -0.582. The van der Waals surface area contributed by atoms with Crippen molar-refractivity contribution in [2.24, 2.45) is 0 Å². The molecule has 1 unspecified atom stereocenters. The second-order valence-electron chi connectivity index (χ2n) is 13.0. The van der Waals surface area contributed by atoms with Crippen molar-refractivity contribution >= 4 is 28.5 Å². The van der Waals surface area contributed by atoms with E-state index in [0.717, 1.165) is 98.4 Å². The summed E-state index contributed by atoms with van der Waals surface area (Å²) in [6.07, 6.45) is 7.45. The van der Waals surface area contributed by atoms with Crippen LogP contribution in [0, 0.1) is 12.7 Å². The lowest BCUT2D eigenvalue weighted by Gasteiger charge is -2.34. The van der Waals surface area contributed by atoms with Crippen LogP contribution in [0.4, 0.5) is 10.1 Å². The van der Waals surface area contributed by atoms with Gasteiger partial charge < -0.3 is 15.2 Å². The maximum atomic E-state index is 13.4. The van der Waals surface area contributed by atoms with Crippen molar-refractivity contribution in [1.29, 1.82) is 0 Å². The molecule has 0 bridgehead atoms. The second kappa shape index (κ2) is 13.8. The van der Waals surface area contributed by atoms with Gasteiger partial charge in [0.15, 0.2) is 5.58 Å². The summed E-state index contributed by atoms with van der Waals surface area (Å²) in [5, 5.41) is 7.57. The zero-order valence-corrected chi connectivity index (χ0v) is 27.2. The number of aryl methyl sites for hydroxylation is 2. The monoisotopic (exact) mass is 642 g/mol. The Morgan fingerprint density at radius 3 is 2.53 bits per heavy atom. The maximum absolute atomic E-state index is 13.4. The molecule has 0 aliphatic carbocycles. The molecule has 2 saturated heterocycles. The van der Waals surface area contributed by atoms with Crippen LogP contribution in [0.15, 0.2) is 51.8 Å². The number of imide groups is 1. The van der Waals surface area contributed by atoms with E-state index in [-0.39, 0.29) is 23.2 Å². The van der Waals surface area contributed by atoms with E-state index in [1.54, 1.807) is 18.2 Å². The van der Waals surface area contributed by atoms with Crippen molar-refractivity contribution in [3.05, 3.63) is 87.0 Å². The molecule has 3 N–H and O–H groups in total. The molecular formula is C36H43FN6O4. The third-order valence-corrected chi connectivity index (χ3v) is 10.2. The number of nitrogens with two attached hydrogens (primary N) is 1. The topological polar surface area (TPSA) is 136 Å². The Hall–Kier alpha value is -4.38. The molecule has 10 nitrogen and oxygen atoms in total. The van der Waals surface area contributed by atoms with Crippen molar-refractivity contribution in [1.82, 2.24) is 24.9 Å². The number of nitrogen functional groups attached to an aromatic ring is 1. The van der Waals surface area contributed by atoms with Crippen LogP contribution >= 0.6 is 0 Å². The Morgan fingerprint density at radius 1 is 1.04 bits per heavy atom. The SMILES string of the molecule is CCC1(c2ccc(N)cc2)CCC(=O)NC1=O.Cc1nc2n(c(=O)c1CCN1CCC(c3noc4cc(F)ccc34)CC1)CCCC2. The molecule has 2 amide bonds. The van der Waals surface area contributed by atoms with Gasteiger partial charge in [-0.05, 0) is 94.8 Å². The highest BCUT2D eigenvalue weighted by atomic mass is 19.1. The van der Waals surface area contributed by atoms with Crippen molar-refractivity contribution < 1.29 is 18.5 Å². The molecule has 47 heavy (non-hydrogen) atoms. The van der Waals surface area contributed by atoms with E-state index in [2.05, 4.69) is 15.4 Å². The van der Waals surface area contributed by atoms with Crippen molar-refractivity contribution in [2.75, 3.05) is 25.4 Å². The summed E-state index contributed by atoms with van der Waals surface area (Å²) < 4.78 is 20.6. The van der Waals surface area contributed by atoms with Gasteiger partial charge in [0.25, 0.3) is 5.56 Å². The van der Waals surface area contributed by atoms with Gasteiger partial charge >= 0.3 is 0 Å². The van der Waals surface area contributed by atoms with Gasteiger partial charge in [0.2, 0.25) is 11.8 Å². The number of carbonyl (C=O) groups excluding carboxylic acids is 2. The van der Waals surface area contributed by atoms with E-state index in [4.69, 9.17) is 15.2 Å². The molecule has 0 saturated carbocycles. The van der Waals surface area contributed by atoms with Crippen LogP contribution in [-0.2, 0) is 34.4 Å². The third kappa shape index (κ3) is 6.72. The normalized spacial score (nSPS) is 20.4. The number of nitrogens with one attached hydrogen (secondary N) is 1. The first-order chi connectivity index (χ1) is 22.7. The second-order valence-corrected chi connectivity index (χ2v) is 13.0. The molecule has 3 aliphatic heterocycles. The molecule has 248 valence electrons. The smallest absolute Gasteiger partial charge is 0.256 e. The Balaban J connectivity index is 0.000000193. The summed E-state index contributed by atoms with van der Waals surface area (Å²) in [4.78, 5) is 43.3. The molecule has 4 aromatic rings. The van der Waals surface area contributed by atoms with E-state index >= 15 is 0 Å². The molecule has 2 aromatic heterocycles. The molecule has 5 heterocycles. The average molecular weight is 643 g/mol. The van der Waals surface area contributed by atoms with Crippen LogP contribution < -0.4 is 16.6 Å². The fourth-order valence-electron chi connectivity index (χ4n) is 7.31. The fourth-order valence-corrected chi connectivity index (χ4v) is 7.31. The summed E-state index contributed by atoms with van der Waals surface area (Å²) in [6.45, 7) is 7.52. The van der Waals surface area contributed by atoms with Gasteiger partial charge in [0, 0.05) is 60.2 Å². The predicted molar refractivity (Wildman–Crippen MR) is 177 cm³/mol. The summed E-state index contributed by atoms with van der Waals surface area (Å²) in [5.74, 6) is 0.595. The molecular weight excluding hydrogens is 599 g/mol. The number of aromatic nitrogens is 3. The predicted octanol–water partition coefficient (Wildman–Crippen LogP) is 4.94. The summed E-state index contributed by atoms with van der Waals surface area (Å²) >= 11 is 0. The summed E-state index contributed by atoms with van der Waals surface area (Å²) in [6, 6.07) is 11.9. The average Bonchev–Trinajstić information content (AvgIpc) is 3.49. The molecule has 0 radical (unpaired) electrons. The van der Waals surface area contributed by atoms with Gasteiger partial charge in [-0.3, -0.25) is 24.3 Å². The number of anilines is 1. The Morgan fingerprint density at radius 2 is 1.81 bits per heavy atom. The first kappa shape index (κ1) is 32.6. The zero-order valence-electron chi connectivity index (χ0n) is 27.2. The summed E-state index contributed by atoms with van der Waals surface area (Å²) in [5.41, 5.74) is 10.0. The zero-order chi connectivity index (χ0) is 33.1. The Bertz CT molecular complexity index is 1830. The molecule has 7 rings (SSSR count). The Labute approximate surface area is 273 Å². The molecule has 2 fully saturated rings. The first-order valence-corrected chi connectivity index (χ1v) is 16.7. The van der Waals surface area contributed by atoms with Crippen LogP contribution in [0.25, 0.3) is 11.0 Å². The van der Waals surface area contributed by atoms with E-state index in [0.29, 0.717) is 36.5 Å². The van der Waals surface area contributed by atoms with Crippen LogP contribution in [0.3, 0.4) is 0 Å². The number of benzene rings is 2. The highest BCUT2D eigenvalue weighted by Gasteiger charge is 2.42. The van der Waals surface area contributed by atoms with Gasteiger partial charge in [0.1, 0.15) is 11.6 Å². The Kier molecular flexibility index (Phi) is 9.54. The van der Waals surface area contributed by atoms with E-state index in [1.807, 2.05) is 30.5 Å².